The third-order valence-electron chi connectivity index (χ3n) is 2.22. The molecule has 0 aromatic heterocycles. The van der Waals surface area contributed by atoms with Gasteiger partial charge in [-0.05, 0) is 5.56 Å². The Morgan fingerprint density at radius 3 is 2.39 bits per heavy atom. The number of benzene rings is 1. The van der Waals surface area contributed by atoms with Crippen LogP contribution in [0.15, 0.2) is 36.4 Å². The second kappa shape index (κ2) is 6.71. The Hall–Kier alpha value is -1.94. The van der Waals surface area contributed by atoms with E-state index in [4.69, 9.17) is 11.6 Å². The molecule has 5 heteroatoms. The molecule has 0 saturated heterocycles. The van der Waals surface area contributed by atoms with Crippen LogP contribution in [0.1, 0.15) is 5.56 Å². The maximum absolute atomic E-state index is 11.7. The van der Waals surface area contributed by atoms with Crippen molar-refractivity contribution in [2.75, 3.05) is 7.11 Å². The van der Waals surface area contributed by atoms with Crippen LogP contribution in [0.3, 0.4) is 0 Å². The maximum atomic E-state index is 11.7. The summed E-state index contributed by atoms with van der Waals surface area (Å²) >= 11 is 5.92. The molecule has 1 rings (SSSR count). The predicted molar refractivity (Wildman–Crippen MR) is 66.8 cm³/mol. The van der Waals surface area contributed by atoms with Crippen LogP contribution in [0.5, 0.6) is 0 Å². The van der Waals surface area contributed by atoms with Crippen molar-refractivity contribution in [3.05, 3.63) is 42.0 Å². The molecule has 0 fully saturated rings. The van der Waals surface area contributed by atoms with Crippen molar-refractivity contribution in [3.8, 4) is 0 Å². The number of ketones is 1. The molecule has 18 heavy (non-hydrogen) atoms. The summed E-state index contributed by atoms with van der Waals surface area (Å²) in [5, 5.41) is 0.163. The monoisotopic (exact) mass is 266 g/mol. The predicted octanol–water partition coefficient (Wildman–Crippen LogP) is 1.82. The van der Waals surface area contributed by atoms with Crippen LogP contribution in [0.2, 0.25) is 0 Å². The summed E-state index contributed by atoms with van der Waals surface area (Å²) < 4.78 is 4.35. The molecular weight excluding hydrogens is 256 g/mol. The highest BCUT2D eigenvalue weighted by molar-refractivity contribution is 6.50. The highest BCUT2D eigenvalue weighted by atomic mass is 35.5. The van der Waals surface area contributed by atoms with Crippen LogP contribution in [-0.4, -0.2) is 25.1 Å². The molecular formula is C13H11ClO4. The van der Waals surface area contributed by atoms with Gasteiger partial charge in [0.05, 0.1) is 12.1 Å². The molecule has 1 aromatic carbocycles. The average molecular weight is 267 g/mol. The molecule has 0 aliphatic rings. The fourth-order valence-corrected chi connectivity index (χ4v) is 1.49. The number of halogens is 1. The number of methoxy groups -OCH3 is 1. The Morgan fingerprint density at radius 2 is 1.89 bits per heavy atom. The van der Waals surface area contributed by atoms with Crippen molar-refractivity contribution in [3.63, 3.8) is 0 Å². The van der Waals surface area contributed by atoms with Crippen LogP contribution < -0.4 is 0 Å². The lowest BCUT2D eigenvalue weighted by molar-refractivity contribution is -0.149. The minimum atomic E-state index is -1.47. The Bertz CT molecular complexity index is 479. The number of carbonyl (C=O) groups is 3. The van der Waals surface area contributed by atoms with Gasteiger partial charge in [-0.2, -0.15) is 0 Å². The zero-order valence-electron chi connectivity index (χ0n) is 9.63. The molecule has 0 bridgehead atoms. The number of hydrogen-bond acceptors (Lipinski definition) is 4. The van der Waals surface area contributed by atoms with Crippen molar-refractivity contribution in [2.24, 2.45) is 5.92 Å². The zero-order chi connectivity index (χ0) is 13.5. The van der Waals surface area contributed by atoms with Crippen molar-refractivity contribution in [2.45, 2.75) is 0 Å². The largest absolute Gasteiger partial charge is 0.468 e. The summed E-state index contributed by atoms with van der Waals surface area (Å²) in [5.41, 5.74) is 0.627. The molecule has 0 N–H and O–H groups in total. The number of allylic oxidation sites excluding steroid dienone is 1. The number of aldehydes is 1. The molecule has 0 heterocycles. The molecule has 0 spiro atoms. The van der Waals surface area contributed by atoms with Crippen molar-refractivity contribution in [1.29, 1.82) is 0 Å². The SMILES string of the molecule is COC(=O)C(C=O)C(=O)/C=C(/Cl)c1ccccc1. The first kappa shape index (κ1) is 14.1. The molecule has 0 radical (unpaired) electrons. The topological polar surface area (TPSA) is 60.4 Å². The lowest BCUT2D eigenvalue weighted by Crippen LogP contribution is -2.25. The lowest BCUT2D eigenvalue weighted by Gasteiger charge is -2.04. The fourth-order valence-electron chi connectivity index (χ4n) is 1.26. The van der Waals surface area contributed by atoms with Gasteiger partial charge in [-0.15, -0.1) is 0 Å². The van der Waals surface area contributed by atoms with Gasteiger partial charge < -0.3 is 9.53 Å². The first-order valence-corrected chi connectivity index (χ1v) is 5.47. The highest BCUT2D eigenvalue weighted by Crippen LogP contribution is 2.19. The molecule has 0 saturated carbocycles. The van der Waals surface area contributed by atoms with Gasteiger partial charge >= 0.3 is 5.97 Å². The van der Waals surface area contributed by atoms with Gasteiger partial charge in [0, 0.05) is 6.08 Å². The van der Waals surface area contributed by atoms with E-state index in [0.717, 1.165) is 13.2 Å². The highest BCUT2D eigenvalue weighted by Gasteiger charge is 2.25. The van der Waals surface area contributed by atoms with E-state index >= 15 is 0 Å². The van der Waals surface area contributed by atoms with E-state index in [1.165, 1.54) is 0 Å². The van der Waals surface area contributed by atoms with E-state index < -0.39 is 17.7 Å². The van der Waals surface area contributed by atoms with Crippen molar-refractivity contribution < 1.29 is 19.1 Å². The van der Waals surface area contributed by atoms with E-state index in [1.54, 1.807) is 30.3 Å². The van der Waals surface area contributed by atoms with Gasteiger partial charge in [-0.3, -0.25) is 9.59 Å². The third-order valence-corrected chi connectivity index (χ3v) is 2.54. The van der Waals surface area contributed by atoms with Gasteiger partial charge in [0.25, 0.3) is 0 Å². The summed E-state index contributed by atoms with van der Waals surface area (Å²) in [5.74, 6) is -3.07. The second-order valence-corrected chi connectivity index (χ2v) is 3.80. The summed E-state index contributed by atoms with van der Waals surface area (Å²) in [6.45, 7) is 0. The third kappa shape index (κ3) is 3.53. The molecule has 0 aliphatic carbocycles. The average Bonchev–Trinajstić information content (AvgIpc) is 2.40. The van der Waals surface area contributed by atoms with Crippen LogP contribution in [0, 0.1) is 5.92 Å². The number of rotatable bonds is 5. The minimum Gasteiger partial charge on any atom is -0.468 e. The quantitative estimate of drug-likeness (QED) is 0.353. The van der Waals surface area contributed by atoms with Gasteiger partial charge in [-0.1, -0.05) is 41.9 Å². The smallest absolute Gasteiger partial charge is 0.323 e. The molecule has 1 aromatic rings. The number of hydrogen-bond donors (Lipinski definition) is 0. The van der Waals surface area contributed by atoms with E-state index in [2.05, 4.69) is 4.74 Å². The summed E-state index contributed by atoms with van der Waals surface area (Å²) in [6, 6.07) is 8.74. The van der Waals surface area contributed by atoms with E-state index in [0.29, 0.717) is 5.56 Å². The maximum Gasteiger partial charge on any atom is 0.323 e. The van der Waals surface area contributed by atoms with E-state index in [1.807, 2.05) is 0 Å². The second-order valence-electron chi connectivity index (χ2n) is 3.40. The van der Waals surface area contributed by atoms with Crippen LogP contribution in [0.25, 0.3) is 5.03 Å². The molecule has 94 valence electrons. The summed E-state index contributed by atoms with van der Waals surface area (Å²) in [4.78, 5) is 33.5. The van der Waals surface area contributed by atoms with Crippen molar-refractivity contribution in [1.82, 2.24) is 0 Å². The van der Waals surface area contributed by atoms with Crippen molar-refractivity contribution >= 4 is 34.7 Å². The zero-order valence-corrected chi connectivity index (χ0v) is 10.4. The summed E-state index contributed by atoms with van der Waals surface area (Å²) in [7, 11) is 1.11. The molecule has 1 atom stereocenters. The molecule has 0 aliphatic heterocycles. The van der Waals surface area contributed by atoms with Crippen LogP contribution in [0.4, 0.5) is 0 Å². The Balaban J connectivity index is 2.92. The standard InChI is InChI=1S/C13H11ClO4/c1-18-13(17)10(8-15)12(16)7-11(14)9-5-3-2-4-6-9/h2-8,10H,1H3/b11-7+. The lowest BCUT2D eigenvalue weighted by atomic mass is 10.0. The Kier molecular flexibility index (Phi) is 5.27. The first-order valence-electron chi connectivity index (χ1n) is 5.09. The first-order chi connectivity index (χ1) is 8.60. The summed E-state index contributed by atoms with van der Waals surface area (Å²) in [6.07, 6.45) is 1.28. The fraction of sp³-hybridized carbons (Fsp3) is 0.154. The minimum absolute atomic E-state index is 0.163. The molecule has 1 unspecified atom stereocenters. The molecule has 4 nitrogen and oxygen atoms in total. The molecule has 0 amide bonds. The van der Waals surface area contributed by atoms with E-state index in [-0.39, 0.29) is 11.3 Å². The van der Waals surface area contributed by atoms with Gasteiger partial charge in [-0.25, -0.2) is 0 Å². The number of esters is 1. The number of carbonyl (C=O) groups excluding carboxylic acids is 3. The number of ether oxygens (including phenoxy) is 1. The van der Waals surface area contributed by atoms with Gasteiger partial charge in [0.2, 0.25) is 0 Å². The normalized spacial score (nSPS) is 12.7. The van der Waals surface area contributed by atoms with Crippen LogP contribution >= 0.6 is 11.6 Å². The van der Waals surface area contributed by atoms with Gasteiger partial charge in [0.15, 0.2) is 11.7 Å². The Labute approximate surface area is 109 Å². The van der Waals surface area contributed by atoms with Crippen LogP contribution in [-0.2, 0) is 19.1 Å². The van der Waals surface area contributed by atoms with E-state index in [9.17, 15) is 14.4 Å². The Morgan fingerprint density at radius 1 is 1.28 bits per heavy atom. The van der Waals surface area contributed by atoms with Gasteiger partial charge in [0.1, 0.15) is 6.29 Å².